The van der Waals surface area contributed by atoms with E-state index in [1.54, 1.807) is 11.0 Å². The molecule has 1 fully saturated rings. The number of hydrogen-bond donors (Lipinski definition) is 2. The van der Waals surface area contributed by atoms with Crippen LogP contribution in [0.15, 0.2) is 24.3 Å². The number of rotatable bonds is 8. The van der Waals surface area contributed by atoms with Crippen LogP contribution in [0, 0.1) is 11.7 Å². The highest BCUT2D eigenvalue weighted by Crippen LogP contribution is 2.10. The number of benzene rings is 1. The predicted octanol–water partition coefficient (Wildman–Crippen LogP) is 1.71. The average Bonchev–Trinajstić information content (AvgIpc) is 3.01. The fourth-order valence-electron chi connectivity index (χ4n) is 2.93. The Morgan fingerprint density at radius 2 is 2.00 bits per heavy atom. The molecule has 1 heterocycles. The Morgan fingerprint density at radius 3 is 2.62 bits per heavy atom. The van der Waals surface area contributed by atoms with Crippen molar-refractivity contribution < 1.29 is 18.8 Å². The Hall–Kier alpha value is -2.44. The quantitative estimate of drug-likeness (QED) is 0.690. The number of amides is 3. The number of halogens is 1. The summed E-state index contributed by atoms with van der Waals surface area (Å²) in [5, 5.41) is 5.40. The van der Waals surface area contributed by atoms with Gasteiger partial charge in [-0.1, -0.05) is 26.0 Å². The summed E-state index contributed by atoms with van der Waals surface area (Å²) >= 11 is 0. The fraction of sp³-hybridized carbons (Fsp3) is 0.526. The van der Waals surface area contributed by atoms with Crippen molar-refractivity contribution in [2.45, 2.75) is 39.2 Å². The third kappa shape index (κ3) is 5.28. The highest BCUT2D eigenvalue weighted by atomic mass is 19.1. The van der Waals surface area contributed by atoms with E-state index >= 15 is 0 Å². The maximum absolute atomic E-state index is 13.7. The molecular formula is C19H26FN3O3. The van der Waals surface area contributed by atoms with Crippen LogP contribution in [0.4, 0.5) is 4.39 Å². The SMILES string of the molecule is CC(C)C(NC(=O)c1ccccc1F)C(=O)NCCCN1CCCC1=O. The van der Waals surface area contributed by atoms with Crippen LogP contribution in [0.2, 0.25) is 0 Å². The second-order valence-corrected chi connectivity index (χ2v) is 6.80. The number of carbonyl (C=O) groups excluding carboxylic acids is 3. The van der Waals surface area contributed by atoms with E-state index in [1.807, 2.05) is 13.8 Å². The fourth-order valence-corrected chi connectivity index (χ4v) is 2.93. The predicted molar refractivity (Wildman–Crippen MR) is 95.9 cm³/mol. The van der Waals surface area contributed by atoms with Crippen molar-refractivity contribution in [1.82, 2.24) is 15.5 Å². The number of nitrogens with one attached hydrogen (secondary N) is 2. The van der Waals surface area contributed by atoms with Gasteiger partial charge in [0.25, 0.3) is 5.91 Å². The first-order valence-electron chi connectivity index (χ1n) is 9.01. The molecule has 0 radical (unpaired) electrons. The molecular weight excluding hydrogens is 337 g/mol. The Kier molecular flexibility index (Phi) is 7.12. The topological polar surface area (TPSA) is 78.5 Å². The second-order valence-electron chi connectivity index (χ2n) is 6.80. The van der Waals surface area contributed by atoms with Gasteiger partial charge in [0.2, 0.25) is 11.8 Å². The van der Waals surface area contributed by atoms with E-state index in [2.05, 4.69) is 10.6 Å². The Balaban J connectivity index is 1.84. The van der Waals surface area contributed by atoms with E-state index in [1.165, 1.54) is 18.2 Å². The van der Waals surface area contributed by atoms with Gasteiger partial charge < -0.3 is 15.5 Å². The molecule has 1 aliphatic heterocycles. The smallest absolute Gasteiger partial charge is 0.254 e. The number of hydrogen-bond acceptors (Lipinski definition) is 3. The zero-order valence-corrected chi connectivity index (χ0v) is 15.3. The van der Waals surface area contributed by atoms with Crippen molar-refractivity contribution in [2.75, 3.05) is 19.6 Å². The Bertz CT molecular complexity index is 663. The molecule has 1 aromatic rings. The van der Waals surface area contributed by atoms with Crippen LogP contribution in [0.1, 0.15) is 43.5 Å². The van der Waals surface area contributed by atoms with Crippen molar-refractivity contribution in [3.63, 3.8) is 0 Å². The Labute approximate surface area is 153 Å². The van der Waals surface area contributed by atoms with Crippen molar-refractivity contribution in [1.29, 1.82) is 0 Å². The normalized spacial score (nSPS) is 15.2. The third-order valence-electron chi connectivity index (χ3n) is 4.43. The highest BCUT2D eigenvalue weighted by molar-refractivity contribution is 5.97. The zero-order valence-electron chi connectivity index (χ0n) is 15.3. The summed E-state index contributed by atoms with van der Waals surface area (Å²) in [6, 6.07) is 4.91. The van der Waals surface area contributed by atoms with E-state index in [4.69, 9.17) is 0 Å². The monoisotopic (exact) mass is 363 g/mol. The minimum atomic E-state index is -0.754. The summed E-state index contributed by atoms with van der Waals surface area (Å²) in [5.74, 6) is -1.53. The lowest BCUT2D eigenvalue weighted by atomic mass is 10.0. The molecule has 2 N–H and O–H groups in total. The summed E-state index contributed by atoms with van der Waals surface area (Å²) in [4.78, 5) is 38.0. The van der Waals surface area contributed by atoms with Crippen molar-refractivity contribution in [2.24, 2.45) is 5.92 Å². The van der Waals surface area contributed by atoms with Crippen molar-refractivity contribution in [3.8, 4) is 0 Å². The molecule has 3 amide bonds. The zero-order chi connectivity index (χ0) is 19.1. The van der Waals surface area contributed by atoms with E-state index in [0.717, 1.165) is 13.0 Å². The number of carbonyl (C=O) groups is 3. The molecule has 0 bridgehead atoms. The Morgan fingerprint density at radius 1 is 1.27 bits per heavy atom. The van der Waals surface area contributed by atoms with E-state index in [-0.39, 0.29) is 23.3 Å². The number of nitrogens with zero attached hydrogens (tertiary/aromatic N) is 1. The maximum Gasteiger partial charge on any atom is 0.254 e. The molecule has 0 spiro atoms. The second kappa shape index (κ2) is 9.31. The maximum atomic E-state index is 13.7. The van der Waals surface area contributed by atoms with Gasteiger partial charge >= 0.3 is 0 Å². The van der Waals surface area contributed by atoms with E-state index in [0.29, 0.717) is 25.9 Å². The number of likely N-dealkylation sites (tertiary alicyclic amines) is 1. The average molecular weight is 363 g/mol. The van der Waals surface area contributed by atoms with Gasteiger partial charge in [0.15, 0.2) is 0 Å². The molecule has 142 valence electrons. The molecule has 0 aliphatic carbocycles. The van der Waals surface area contributed by atoms with E-state index < -0.39 is 17.8 Å². The van der Waals surface area contributed by atoms with Gasteiger partial charge in [-0.2, -0.15) is 0 Å². The van der Waals surface area contributed by atoms with Gasteiger partial charge in [-0.3, -0.25) is 14.4 Å². The lowest BCUT2D eigenvalue weighted by Crippen LogP contribution is -2.50. The van der Waals surface area contributed by atoms with Crippen LogP contribution in [0.25, 0.3) is 0 Å². The van der Waals surface area contributed by atoms with Gasteiger partial charge in [-0.25, -0.2) is 4.39 Å². The molecule has 1 unspecified atom stereocenters. The highest BCUT2D eigenvalue weighted by Gasteiger charge is 2.25. The summed E-state index contributed by atoms with van der Waals surface area (Å²) in [6.45, 7) is 5.44. The van der Waals surface area contributed by atoms with Gasteiger partial charge in [0.1, 0.15) is 11.9 Å². The first kappa shape index (κ1) is 19.9. The van der Waals surface area contributed by atoms with Crippen molar-refractivity contribution in [3.05, 3.63) is 35.6 Å². The molecule has 26 heavy (non-hydrogen) atoms. The third-order valence-corrected chi connectivity index (χ3v) is 4.43. The molecule has 7 heteroatoms. The van der Waals surface area contributed by atoms with Crippen LogP contribution in [-0.4, -0.2) is 48.3 Å². The van der Waals surface area contributed by atoms with Gasteiger partial charge in [0.05, 0.1) is 5.56 Å². The van der Waals surface area contributed by atoms with Crippen LogP contribution in [0.3, 0.4) is 0 Å². The summed E-state index contributed by atoms with van der Waals surface area (Å²) in [7, 11) is 0. The minimum Gasteiger partial charge on any atom is -0.354 e. The lowest BCUT2D eigenvalue weighted by molar-refractivity contribution is -0.127. The molecule has 0 saturated carbocycles. The molecule has 1 atom stereocenters. The molecule has 1 aromatic carbocycles. The lowest BCUT2D eigenvalue weighted by Gasteiger charge is -2.22. The van der Waals surface area contributed by atoms with Crippen LogP contribution in [-0.2, 0) is 9.59 Å². The first-order valence-corrected chi connectivity index (χ1v) is 9.01. The van der Waals surface area contributed by atoms with Gasteiger partial charge in [-0.15, -0.1) is 0 Å². The van der Waals surface area contributed by atoms with Crippen LogP contribution >= 0.6 is 0 Å². The van der Waals surface area contributed by atoms with Gasteiger partial charge in [0, 0.05) is 26.1 Å². The van der Waals surface area contributed by atoms with Crippen LogP contribution in [0.5, 0.6) is 0 Å². The van der Waals surface area contributed by atoms with Crippen LogP contribution < -0.4 is 10.6 Å². The standard InChI is InChI=1S/C19H26FN3O3/c1-13(2)17(22-18(25)14-7-3-4-8-15(14)20)19(26)21-10-6-12-23-11-5-9-16(23)24/h3-4,7-8,13,17H,5-6,9-12H2,1-2H3,(H,21,26)(H,22,25). The van der Waals surface area contributed by atoms with Crippen molar-refractivity contribution >= 4 is 17.7 Å². The first-order chi connectivity index (χ1) is 12.4. The largest absolute Gasteiger partial charge is 0.354 e. The molecule has 1 saturated heterocycles. The molecule has 2 rings (SSSR count). The van der Waals surface area contributed by atoms with E-state index in [9.17, 15) is 18.8 Å². The molecule has 0 aromatic heterocycles. The summed E-state index contributed by atoms with van der Waals surface area (Å²) < 4.78 is 13.7. The summed E-state index contributed by atoms with van der Waals surface area (Å²) in [5.41, 5.74) is -0.0847. The van der Waals surface area contributed by atoms with Gasteiger partial charge in [-0.05, 0) is 30.9 Å². The molecule has 6 nitrogen and oxygen atoms in total. The summed E-state index contributed by atoms with van der Waals surface area (Å²) in [6.07, 6.45) is 2.15. The molecule has 1 aliphatic rings. The minimum absolute atomic E-state index is 0.0847.